The third-order valence-electron chi connectivity index (χ3n) is 3.38. The zero-order valence-electron chi connectivity index (χ0n) is 11.4. The molecule has 2 rings (SSSR count). The van der Waals surface area contributed by atoms with Crippen molar-refractivity contribution < 1.29 is 4.39 Å². The minimum atomic E-state index is -0.146. The lowest BCUT2D eigenvalue weighted by molar-refractivity contribution is 0.623. The van der Waals surface area contributed by atoms with Crippen molar-refractivity contribution in [2.45, 2.75) is 40.0 Å². The van der Waals surface area contributed by atoms with E-state index in [1.807, 2.05) is 6.07 Å². The molecule has 0 fully saturated rings. The normalized spacial score (nSPS) is 11.2. The Morgan fingerprint density at radius 2 is 1.94 bits per heavy atom. The fourth-order valence-corrected chi connectivity index (χ4v) is 3.36. The Balaban J connectivity index is 2.63. The standard InChI is InChI=1S/C16H19FS/c1-5-13-11(4)18-9-16(13)14-7-6-12(17)8-15(14)10(2)3/h6-10H,5H2,1-4H3. The van der Waals surface area contributed by atoms with Crippen molar-refractivity contribution in [2.24, 2.45) is 0 Å². The average molecular weight is 262 g/mol. The summed E-state index contributed by atoms with van der Waals surface area (Å²) >= 11 is 1.78. The van der Waals surface area contributed by atoms with Crippen LogP contribution in [-0.4, -0.2) is 0 Å². The Hall–Kier alpha value is -1.15. The Kier molecular flexibility index (Phi) is 3.86. The van der Waals surface area contributed by atoms with E-state index in [-0.39, 0.29) is 5.82 Å². The molecule has 0 radical (unpaired) electrons. The first-order valence-electron chi connectivity index (χ1n) is 6.41. The summed E-state index contributed by atoms with van der Waals surface area (Å²) in [5.41, 5.74) is 4.97. The molecule has 2 aromatic rings. The summed E-state index contributed by atoms with van der Waals surface area (Å²) in [5, 5.41) is 2.20. The molecule has 0 aliphatic rings. The van der Waals surface area contributed by atoms with Crippen LogP contribution in [0.25, 0.3) is 11.1 Å². The predicted molar refractivity (Wildman–Crippen MR) is 77.9 cm³/mol. The SMILES string of the molecule is CCc1c(-c2ccc(F)cc2C(C)C)csc1C. The van der Waals surface area contributed by atoms with Crippen molar-refractivity contribution in [3.8, 4) is 11.1 Å². The number of rotatable bonds is 3. The maximum Gasteiger partial charge on any atom is 0.123 e. The summed E-state index contributed by atoms with van der Waals surface area (Å²) in [4.78, 5) is 1.37. The van der Waals surface area contributed by atoms with E-state index in [9.17, 15) is 4.39 Å². The van der Waals surface area contributed by atoms with Crippen LogP contribution in [0.4, 0.5) is 4.39 Å². The first-order chi connectivity index (χ1) is 8.54. The molecule has 0 saturated heterocycles. The van der Waals surface area contributed by atoms with Gasteiger partial charge in [-0.3, -0.25) is 0 Å². The zero-order chi connectivity index (χ0) is 13.3. The van der Waals surface area contributed by atoms with E-state index in [2.05, 4.69) is 33.1 Å². The summed E-state index contributed by atoms with van der Waals surface area (Å²) in [7, 11) is 0. The quantitative estimate of drug-likeness (QED) is 0.680. The highest BCUT2D eigenvalue weighted by Gasteiger charge is 2.14. The molecule has 0 aliphatic carbocycles. The molecule has 0 aliphatic heterocycles. The third kappa shape index (κ3) is 2.35. The molecule has 96 valence electrons. The second kappa shape index (κ2) is 5.23. The molecule has 1 heterocycles. The van der Waals surface area contributed by atoms with E-state index >= 15 is 0 Å². The maximum absolute atomic E-state index is 13.4. The molecule has 0 N–H and O–H groups in total. The van der Waals surface area contributed by atoms with Crippen molar-refractivity contribution in [1.82, 2.24) is 0 Å². The van der Waals surface area contributed by atoms with Gasteiger partial charge in [-0.25, -0.2) is 4.39 Å². The van der Waals surface area contributed by atoms with Crippen molar-refractivity contribution in [3.63, 3.8) is 0 Å². The van der Waals surface area contributed by atoms with E-state index < -0.39 is 0 Å². The van der Waals surface area contributed by atoms with Gasteiger partial charge in [-0.1, -0.05) is 26.8 Å². The highest BCUT2D eigenvalue weighted by molar-refractivity contribution is 7.10. The minimum Gasteiger partial charge on any atom is -0.207 e. The smallest absolute Gasteiger partial charge is 0.123 e. The average Bonchev–Trinajstić information content (AvgIpc) is 2.70. The van der Waals surface area contributed by atoms with E-state index in [0.29, 0.717) is 5.92 Å². The number of halogens is 1. The van der Waals surface area contributed by atoms with Gasteiger partial charge in [0, 0.05) is 4.88 Å². The minimum absolute atomic E-state index is 0.146. The lowest BCUT2D eigenvalue weighted by Gasteiger charge is -2.13. The van der Waals surface area contributed by atoms with Crippen molar-refractivity contribution >= 4 is 11.3 Å². The second-order valence-corrected chi connectivity index (χ2v) is 6.01. The van der Waals surface area contributed by atoms with E-state index in [0.717, 1.165) is 12.0 Å². The largest absolute Gasteiger partial charge is 0.207 e. The number of hydrogen-bond acceptors (Lipinski definition) is 1. The summed E-state index contributed by atoms with van der Waals surface area (Å²) in [6.07, 6.45) is 1.03. The predicted octanol–water partition coefficient (Wildman–Crippen LogP) is 5.55. The van der Waals surface area contributed by atoms with Crippen LogP contribution < -0.4 is 0 Å². The summed E-state index contributed by atoms with van der Waals surface area (Å²) < 4.78 is 13.4. The molecule has 18 heavy (non-hydrogen) atoms. The van der Waals surface area contributed by atoms with Crippen LogP contribution >= 0.6 is 11.3 Å². The van der Waals surface area contributed by atoms with Crippen LogP contribution in [0.2, 0.25) is 0 Å². The molecule has 0 amide bonds. The molecule has 0 saturated carbocycles. The van der Waals surface area contributed by atoms with Gasteiger partial charge < -0.3 is 0 Å². The van der Waals surface area contributed by atoms with Gasteiger partial charge in [0.25, 0.3) is 0 Å². The number of thiophene rings is 1. The van der Waals surface area contributed by atoms with Crippen LogP contribution in [-0.2, 0) is 6.42 Å². The second-order valence-electron chi connectivity index (χ2n) is 4.92. The van der Waals surface area contributed by atoms with Crippen LogP contribution in [0, 0.1) is 12.7 Å². The molecule has 1 aromatic carbocycles. The highest BCUT2D eigenvalue weighted by Crippen LogP contribution is 2.36. The molecule has 0 atom stereocenters. The fourth-order valence-electron chi connectivity index (χ4n) is 2.40. The van der Waals surface area contributed by atoms with Gasteiger partial charge in [-0.15, -0.1) is 11.3 Å². The topological polar surface area (TPSA) is 0 Å². The van der Waals surface area contributed by atoms with Gasteiger partial charge in [0.1, 0.15) is 5.82 Å². The summed E-state index contributed by atoms with van der Waals surface area (Å²) in [6, 6.07) is 5.16. The third-order valence-corrected chi connectivity index (χ3v) is 4.34. The molecule has 0 unspecified atom stereocenters. The highest BCUT2D eigenvalue weighted by atomic mass is 32.1. The molecule has 2 heteroatoms. The van der Waals surface area contributed by atoms with Gasteiger partial charge in [-0.05, 0) is 59.0 Å². The lowest BCUT2D eigenvalue weighted by Crippen LogP contribution is -1.95. The van der Waals surface area contributed by atoms with Crippen LogP contribution in [0.1, 0.15) is 42.7 Å². The molecular formula is C16H19FS. The summed E-state index contributed by atoms with van der Waals surface area (Å²) in [6.45, 7) is 8.56. The van der Waals surface area contributed by atoms with E-state index in [1.54, 1.807) is 23.5 Å². The van der Waals surface area contributed by atoms with Gasteiger partial charge >= 0.3 is 0 Å². The molecule has 0 nitrogen and oxygen atoms in total. The van der Waals surface area contributed by atoms with Crippen LogP contribution in [0.15, 0.2) is 23.6 Å². The summed E-state index contributed by atoms with van der Waals surface area (Å²) in [5.74, 6) is 0.188. The van der Waals surface area contributed by atoms with Gasteiger partial charge in [0.05, 0.1) is 0 Å². The molecule has 0 spiro atoms. The van der Waals surface area contributed by atoms with Gasteiger partial charge in [0.2, 0.25) is 0 Å². The Morgan fingerprint density at radius 1 is 1.22 bits per heavy atom. The zero-order valence-corrected chi connectivity index (χ0v) is 12.2. The van der Waals surface area contributed by atoms with Crippen molar-refractivity contribution in [1.29, 1.82) is 0 Å². The molecule has 1 aromatic heterocycles. The Labute approximate surface area is 112 Å². The monoisotopic (exact) mass is 262 g/mol. The first kappa shape index (κ1) is 13.3. The molecule has 0 bridgehead atoms. The van der Waals surface area contributed by atoms with Crippen molar-refractivity contribution in [3.05, 3.63) is 45.4 Å². The Morgan fingerprint density at radius 3 is 2.56 bits per heavy atom. The van der Waals surface area contributed by atoms with Crippen molar-refractivity contribution in [2.75, 3.05) is 0 Å². The van der Waals surface area contributed by atoms with Crippen LogP contribution in [0.5, 0.6) is 0 Å². The van der Waals surface area contributed by atoms with E-state index in [4.69, 9.17) is 0 Å². The van der Waals surface area contributed by atoms with Crippen LogP contribution in [0.3, 0.4) is 0 Å². The van der Waals surface area contributed by atoms with E-state index in [1.165, 1.54) is 21.6 Å². The maximum atomic E-state index is 13.4. The lowest BCUT2D eigenvalue weighted by atomic mass is 9.91. The van der Waals surface area contributed by atoms with Gasteiger partial charge in [0.15, 0.2) is 0 Å². The van der Waals surface area contributed by atoms with Gasteiger partial charge in [-0.2, -0.15) is 0 Å². The first-order valence-corrected chi connectivity index (χ1v) is 7.29. The molecular weight excluding hydrogens is 243 g/mol. The number of hydrogen-bond donors (Lipinski definition) is 0. The number of benzene rings is 1. The Bertz CT molecular complexity index is 552. The number of aryl methyl sites for hydroxylation is 1. The fraction of sp³-hybridized carbons (Fsp3) is 0.375.